The molecule has 1 saturated heterocycles. The molecule has 0 amide bonds. The summed E-state index contributed by atoms with van der Waals surface area (Å²) in [5.74, 6) is 1.03. The zero-order valence-corrected chi connectivity index (χ0v) is 11.5. The molecule has 2 heteroatoms. The molecule has 1 saturated carbocycles. The van der Waals surface area contributed by atoms with Gasteiger partial charge in [0.15, 0.2) is 0 Å². The molecular formula is C17H22N2. The van der Waals surface area contributed by atoms with E-state index >= 15 is 0 Å². The lowest BCUT2D eigenvalue weighted by atomic mass is 10.0. The Morgan fingerprint density at radius 1 is 0.947 bits per heavy atom. The van der Waals surface area contributed by atoms with Crippen LogP contribution in [0.5, 0.6) is 0 Å². The molecule has 2 aliphatic rings. The maximum atomic E-state index is 2.68. The average Bonchev–Trinajstić information content (AvgIpc) is 3.16. The third-order valence-corrected chi connectivity index (χ3v) is 4.79. The van der Waals surface area contributed by atoms with Crippen molar-refractivity contribution < 1.29 is 0 Å². The summed E-state index contributed by atoms with van der Waals surface area (Å²) in [6, 6.07) is 11.7. The Labute approximate surface area is 115 Å². The topological polar surface area (TPSA) is 8.17 Å². The lowest BCUT2D eigenvalue weighted by molar-refractivity contribution is 0.182. The van der Waals surface area contributed by atoms with Gasteiger partial charge < -0.3 is 9.47 Å². The second-order valence-electron chi connectivity index (χ2n) is 6.26. The fourth-order valence-electron chi connectivity index (χ4n) is 3.47. The van der Waals surface area contributed by atoms with Gasteiger partial charge in [-0.2, -0.15) is 0 Å². The normalized spacial score (nSPS) is 22.1. The molecule has 2 nitrogen and oxygen atoms in total. The van der Waals surface area contributed by atoms with E-state index in [1.165, 1.54) is 56.2 Å². The Bertz CT molecular complexity index is 559. The predicted octanol–water partition coefficient (Wildman–Crippen LogP) is 3.69. The maximum absolute atomic E-state index is 2.68. The van der Waals surface area contributed by atoms with Crippen molar-refractivity contribution in [3.8, 4) is 0 Å². The van der Waals surface area contributed by atoms with E-state index in [0.29, 0.717) is 6.04 Å². The molecular weight excluding hydrogens is 232 g/mol. The van der Waals surface area contributed by atoms with E-state index in [9.17, 15) is 0 Å². The number of aromatic nitrogens is 1. The summed E-state index contributed by atoms with van der Waals surface area (Å²) in [5, 5.41) is 1.38. The molecule has 1 aromatic carbocycles. The van der Waals surface area contributed by atoms with Crippen LogP contribution in [0.25, 0.3) is 10.9 Å². The molecule has 2 aromatic rings. The minimum absolute atomic E-state index is 0.704. The molecule has 2 heterocycles. The molecule has 0 N–H and O–H groups in total. The van der Waals surface area contributed by atoms with E-state index in [1.54, 1.807) is 0 Å². The smallest absolute Gasteiger partial charge is 0.0482 e. The Morgan fingerprint density at radius 2 is 1.74 bits per heavy atom. The van der Waals surface area contributed by atoms with Crippen molar-refractivity contribution in [3.63, 3.8) is 0 Å². The van der Waals surface area contributed by atoms with Crippen molar-refractivity contribution in [2.75, 3.05) is 19.6 Å². The third kappa shape index (κ3) is 2.30. The number of piperidine rings is 1. The highest BCUT2D eigenvalue weighted by Crippen LogP contribution is 2.32. The van der Waals surface area contributed by atoms with Gasteiger partial charge in [0.25, 0.3) is 0 Å². The number of nitrogens with zero attached hydrogens (tertiary/aromatic N) is 2. The van der Waals surface area contributed by atoms with Gasteiger partial charge in [-0.05, 0) is 49.1 Å². The van der Waals surface area contributed by atoms with Crippen LogP contribution in [0.4, 0.5) is 0 Å². The molecule has 0 bridgehead atoms. The van der Waals surface area contributed by atoms with Gasteiger partial charge in [-0.3, -0.25) is 0 Å². The molecule has 0 unspecified atom stereocenters. The van der Waals surface area contributed by atoms with E-state index in [4.69, 9.17) is 0 Å². The standard InChI is InChI=1S/C17H22N2/c1-2-4-17-15(3-1)7-12-19(17)16-8-10-18(11-9-16)13-14-5-6-14/h1-4,7,12,14,16H,5-6,8-11,13H2. The van der Waals surface area contributed by atoms with E-state index in [2.05, 4.69) is 46.0 Å². The number of fused-ring (bicyclic) bond motifs is 1. The van der Waals surface area contributed by atoms with Crippen molar-refractivity contribution >= 4 is 10.9 Å². The molecule has 2 fully saturated rings. The minimum atomic E-state index is 0.704. The predicted molar refractivity (Wildman–Crippen MR) is 79.4 cm³/mol. The Hall–Kier alpha value is -1.28. The second-order valence-corrected chi connectivity index (χ2v) is 6.26. The fraction of sp³-hybridized carbons (Fsp3) is 0.529. The molecule has 1 aliphatic heterocycles. The van der Waals surface area contributed by atoms with Crippen LogP contribution in [0.3, 0.4) is 0 Å². The summed E-state index contributed by atoms with van der Waals surface area (Å²) in [6.07, 6.45) is 7.85. The van der Waals surface area contributed by atoms with Crippen molar-refractivity contribution in [3.05, 3.63) is 36.5 Å². The lowest BCUT2D eigenvalue weighted by Gasteiger charge is -2.33. The molecule has 100 valence electrons. The van der Waals surface area contributed by atoms with Gasteiger partial charge in [-0.15, -0.1) is 0 Å². The number of benzene rings is 1. The van der Waals surface area contributed by atoms with Crippen LogP contribution in [0, 0.1) is 5.92 Å². The van der Waals surface area contributed by atoms with Crippen LogP contribution >= 0.6 is 0 Å². The summed E-state index contributed by atoms with van der Waals surface area (Å²) in [7, 11) is 0. The van der Waals surface area contributed by atoms with Crippen LogP contribution in [-0.4, -0.2) is 29.1 Å². The highest BCUT2D eigenvalue weighted by Gasteiger charge is 2.27. The van der Waals surface area contributed by atoms with Crippen LogP contribution in [0.1, 0.15) is 31.7 Å². The van der Waals surface area contributed by atoms with E-state index < -0.39 is 0 Å². The first kappa shape index (κ1) is 11.5. The SMILES string of the molecule is c1ccc2c(c1)ccn2C1CCN(CC2CC2)CC1. The van der Waals surface area contributed by atoms with Crippen molar-refractivity contribution in [2.45, 2.75) is 31.7 Å². The first-order valence-corrected chi connectivity index (χ1v) is 7.68. The van der Waals surface area contributed by atoms with Gasteiger partial charge in [0.1, 0.15) is 0 Å². The van der Waals surface area contributed by atoms with Crippen LogP contribution in [0.2, 0.25) is 0 Å². The second kappa shape index (κ2) is 4.68. The Kier molecular flexibility index (Phi) is 2.84. The van der Waals surface area contributed by atoms with E-state index in [0.717, 1.165) is 5.92 Å². The van der Waals surface area contributed by atoms with Gasteiger partial charge >= 0.3 is 0 Å². The zero-order valence-electron chi connectivity index (χ0n) is 11.5. The van der Waals surface area contributed by atoms with Crippen molar-refractivity contribution in [1.29, 1.82) is 0 Å². The zero-order chi connectivity index (χ0) is 12.7. The lowest BCUT2D eigenvalue weighted by Crippen LogP contribution is -2.35. The van der Waals surface area contributed by atoms with Crippen LogP contribution < -0.4 is 0 Å². The molecule has 0 atom stereocenters. The van der Waals surface area contributed by atoms with E-state index in [-0.39, 0.29) is 0 Å². The van der Waals surface area contributed by atoms with Gasteiger partial charge in [0.2, 0.25) is 0 Å². The fourth-order valence-corrected chi connectivity index (χ4v) is 3.47. The number of rotatable bonds is 3. The van der Waals surface area contributed by atoms with Gasteiger partial charge in [-0.25, -0.2) is 0 Å². The Morgan fingerprint density at radius 3 is 2.53 bits per heavy atom. The number of likely N-dealkylation sites (tertiary alicyclic amines) is 1. The summed E-state index contributed by atoms with van der Waals surface area (Å²) < 4.78 is 2.50. The molecule has 1 aromatic heterocycles. The van der Waals surface area contributed by atoms with Gasteiger partial charge in [0, 0.05) is 37.4 Å². The monoisotopic (exact) mass is 254 g/mol. The first-order valence-electron chi connectivity index (χ1n) is 7.68. The quantitative estimate of drug-likeness (QED) is 0.811. The summed E-state index contributed by atoms with van der Waals surface area (Å²) in [6.45, 7) is 3.93. The molecule has 1 aliphatic carbocycles. The average molecular weight is 254 g/mol. The van der Waals surface area contributed by atoms with E-state index in [1.807, 2.05) is 0 Å². The van der Waals surface area contributed by atoms with Crippen LogP contribution in [-0.2, 0) is 0 Å². The summed E-state index contributed by atoms with van der Waals surface area (Å²) in [5.41, 5.74) is 1.41. The Balaban J connectivity index is 1.48. The number of hydrogen-bond donors (Lipinski definition) is 0. The minimum Gasteiger partial charge on any atom is -0.344 e. The number of para-hydroxylation sites is 1. The van der Waals surface area contributed by atoms with Crippen molar-refractivity contribution in [1.82, 2.24) is 9.47 Å². The highest BCUT2D eigenvalue weighted by molar-refractivity contribution is 5.80. The molecule has 0 radical (unpaired) electrons. The number of hydrogen-bond acceptors (Lipinski definition) is 1. The summed E-state index contributed by atoms with van der Waals surface area (Å²) >= 11 is 0. The molecule has 0 spiro atoms. The van der Waals surface area contributed by atoms with Gasteiger partial charge in [0.05, 0.1) is 0 Å². The van der Waals surface area contributed by atoms with Crippen LogP contribution in [0.15, 0.2) is 36.5 Å². The molecule has 4 rings (SSSR count). The summed E-state index contributed by atoms with van der Waals surface area (Å²) in [4.78, 5) is 2.68. The largest absolute Gasteiger partial charge is 0.344 e. The highest BCUT2D eigenvalue weighted by atomic mass is 15.2. The molecule has 19 heavy (non-hydrogen) atoms. The maximum Gasteiger partial charge on any atom is 0.0482 e. The first-order chi connectivity index (χ1) is 9.40. The third-order valence-electron chi connectivity index (χ3n) is 4.79. The van der Waals surface area contributed by atoms with Gasteiger partial charge in [-0.1, -0.05) is 18.2 Å². The van der Waals surface area contributed by atoms with Crippen molar-refractivity contribution in [2.24, 2.45) is 5.92 Å².